The van der Waals surface area contributed by atoms with Crippen molar-refractivity contribution in [1.29, 1.82) is 0 Å². The van der Waals surface area contributed by atoms with E-state index in [9.17, 15) is 14.4 Å². The highest BCUT2D eigenvalue weighted by Crippen LogP contribution is 2.29. The Bertz CT molecular complexity index is 371. The number of carboxylic acid groups (broad SMARTS) is 1. The van der Waals surface area contributed by atoms with Gasteiger partial charge in [-0.3, -0.25) is 9.59 Å². The molecule has 0 spiro atoms. The molecule has 7 heteroatoms. The maximum atomic E-state index is 11.8. The van der Waals surface area contributed by atoms with Gasteiger partial charge < -0.3 is 20.1 Å². The molecule has 1 unspecified atom stereocenters. The van der Waals surface area contributed by atoms with Crippen LogP contribution in [0.25, 0.3) is 0 Å². The molecule has 2 amide bonds. The van der Waals surface area contributed by atoms with Crippen LogP contribution >= 0.6 is 0 Å². The molecule has 1 fully saturated rings. The summed E-state index contributed by atoms with van der Waals surface area (Å²) in [7, 11) is 1.28. The van der Waals surface area contributed by atoms with Gasteiger partial charge in [-0.1, -0.05) is 0 Å². The first-order valence-electron chi connectivity index (χ1n) is 6.22. The minimum absolute atomic E-state index is 0.103. The van der Waals surface area contributed by atoms with Crippen LogP contribution in [0.2, 0.25) is 0 Å². The number of hydrogen-bond donors (Lipinski definition) is 2. The van der Waals surface area contributed by atoms with Crippen LogP contribution in [0.3, 0.4) is 0 Å². The van der Waals surface area contributed by atoms with Crippen LogP contribution < -0.4 is 5.32 Å². The fraction of sp³-hybridized carbons (Fsp3) is 0.750. The molecule has 0 aromatic heterocycles. The number of esters is 1. The molecule has 1 heterocycles. The number of nitrogens with zero attached hydrogens (tertiary/aromatic N) is 1. The summed E-state index contributed by atoms with van der Waals surface area (Å²) in [5, 5.41) is 11.7. The van der Waals surface area contributed by atoms with Gasteiger partial charge >= 0.3 is 18.0 Å². The van der Waals surface area contributed by atoms with Crippen LogP contribution in [0.4, 0.5) is 4.79 Å². The van der Waals surface area contributed by atoms with Crippen molar-refractivity contribution >= 4 is 18.0 Å². The molecule has 0 aromatic rings. The zero-order valence-corrected chi connectivity index (χ0v) is 11.3. The minimum Gasteiger partial charge on any atom is -0.481 e. The van der Waals surface area contributed by atoms with Crippen molar-refractivity contribution < 1.29 is 24.2 Å². The van der Waals surface area contributed by atoms with Gasteiger partial charge in [0.2, 0.25) is 0 Å². The molecule has 0 saturated carbocycles. The molecule has 0 aliphatic carbocycles. The first-order chi connectivity index (χ1) is 8.89. The van der Waals surface area contributed by atoms with Gasteiger partial charge in [0.05, 0.1) is 18.9 Å². The van der Waals surface area contributed by atoms with E-state index in [1.807, 2.05) is 0 Å². The van der Waals surface area contributed by atoms with Gasteiger partial charge in [0.15, 0.2) is 0 Å². The maximum absolute atomic E-state index is 11.8. The van der Waals surface area contributed by atoms with Crippen LogP contribution in [0.1, 0.15) is 26.2 Å². The highest BCUT2D eigenvalue weighted by atomic mass is 16.5. The Labute approximate surface area is 111 Å². The average molecular weight is 272 g/mol. The third kappa shape index (κ3) is 4.11. The van der Waals surface area contributed by atoms with Crippen molar-refractivity contribution in [3.05, 3.63) is 0 Å². The predicted molar refractivity (Wildman–Crippen MR) is 66.6 cm³/mol. The molecule has 19 heavy (non-hydrogen) atoms. The van der Waals surface area contributed by atoms with E-state index in [2.05, 4.69) is 10.1 Å². The zero-order valence-electron chi connectivity index (χ0n) is 11.3. The van der Waals surface area contributed by atoms with Crippen molar-refractivity contribution in [3.63, 3.8) is 0 Å². The number of urea groups is 1. The average Bonchev–Trinajstić information content (AvgIpc) is 2.38. The standard InChI is InChI=1S/C12H20N2O5/c1-12(10(16)17)5-3-7-14(8-12)11(18)13-6-4-9(15)19-2/h3-8H2,1-2H3,(H,13,18)(H,16,17). The minimum atomic E-state index is -0.891. The van der Waals surface area contributed by atoms with E-state index in [1.165, 1.54) is 12.0 Å². The zero-order chi connectivity index (χ0) is 14.5. The third-order valence-electron chi connectivity index (χ3n) is 3.33. The molecule has 0 aromatic carbocycles. The summed E-state index contributed by atoms with van der Waals surface area (Å²) >= 11 is 0. The van der Waals surface area contributed by atoms with Gasteiger partial charge in [-0.05, 0) is 19.8 Å². The van der Waals surface area contributed by atoms with Crippen molar-refractivity contribution in [2.45, 2.75) is 26.2 Å². The Morgan fingerprint density at radius 3 is 2.68 bits per heavy atom. The fourth-order valence-electron chi connectivity index (χ4n) is 2.07. The van der Waals surface area contributed by atoms with Gasteiger partial charge in [-0.2, -0.15) is 0 Å². The van der Waals surface area contributed by atoms with Crippen molar-refractivity contribution in [2.24, 2.45) is 5.41 Å². The lowest BCUT2D eigenvalue weighted by atomic mass is 9.82. The van der Waals surface area contributed by atoms with Crippen molar-refractivity contribution in [1.82, 2.24) is 10.2 Å². The van der Waals surface area contributed by atoms with Crippen LogP contribution in [0.5, 0.6) is 0 Å². The number of likely N-dealkylation sites (tertiary alicyclic amines) is 1. The highest BCUT2D eigenvalue weighted by molar-refractivity contribution is 5.79. The third-order valence-corrected chi connectivity index (χ3v) is 3.33. The summed E-state index contributed by atoms with van der Waals surface area (Å²) in [6.07, 6.45) is 1.33. The lowest BCUT2D eigenvalue weighted by Crippen LogP contribution is -2.51. The van der Waals surface area contributed by atoms with Crippen LogP contribution in [-0.2, 0) is 14.3 Å². The number of carbonyl (C=O) groups excluding carboxylic acids is 2. The number of aliphatic carboxylic acids is 1. The number of methoxy groups -OCH3 is 1. The number of hydrogen-bond acceptors (Lipinski definition) is 4. The Morgan fingerprint density at radius 2 is 2.11 bits per heavy atom. The fourth-order valence-corrected chi connectivity index (χ4v) is 2.07. The lowest BCUT2D eigenvalue weighted by Gasteiger charge is -2.37. The van der Waals surface area contributed by atoms with Crippen LogP contribution in [0, 0.1) is 5.41 Å². The summed E-state index contributed by atoms with van der Waals surface area (Å²) in [5.41, 5.74) is -0.891. The quantitative estimate of drug-likeness (QED) is 0.724. The summed E-state index contributed by atoms with van der Waals surface area (Å²) in [6, 6.07) is -0.337. The number of rotatable bonds is 4. The number of carbonyl (C=O) groups is 3. The molecule has 1 atom stereocenters. The second-order valence-electron chi connectivity index (χ2n) is 4.95. The molecular weight excluding hydrogens is 252 g/mol. The predicted octanol–water partition coefficient (Wildman–Crippen LogP) is 0.446. The smallest absolute Gasteiger partial charge is 0.317 e. The highest BCUT2D eigenvalue weighted by Gasteiger charge is 2.39. The number of carboxylic acids is 1. The largest absolute Gasteiger partial charge is 0.481 e. The van der Waals surface area contributed by atoms with Gasteiger partial charge in [-0.15, -0.1) is 0 Å². The SMILES string of the molecule is COC(=O)CCNC(=O)N1CCCC(C)(C(=O)O)C1. The van der Waals surface area contributed by atoms with E-state index in [-0.39, 0.29) is 25.5 Å². The molecule has 2 N–H and O–H groups in total. The number of ether oxygens (including phenoxy) is 1. The van der Waals surface area contributed by atoms with E-state index in [4.69, 9.17) is 5.11 Å². The number of piperidine rings is 1. The lowest BCUT2D eigenvalue weighted by molar-refractivity contribution is -0.150. The molecule has 108 valence electrons. The second-order valence-corrected chi connectivity index (χ2v) is 4.95. The van der Waals surface area contributed by atoms with E-state index < -0.39 is 17.4 Å². The molecule has 0 bridgehead atoms. The summed E-state index contributed by atoms with van der Waals surface area (Å²) in [4.78, 5) is 35.4. The molecule has 1 rings (SSSR count). The normalized spacial score (nSPS) is 22.7. The topological polar surface area (TPSA) is 95.9 Å². The Balaban J connectivity index is 2.44. The van der Waals surface area contributed by atoms with Gasteiger partial charge in [0.1, 0.15) is 0 Å². The number of nitrogens with one attached hydrogen (secondary N) is 1. The summed E-state index contributed by atoms with van der Waals surface area (Å²) in [6.45, 7) is 2.55. The van der Waals surface area contributed by atoms with Gasteiger partial charge in [-0.25, -0.2) is 4.79 Å². The van der Waals surface area contributed by atoms with Crippen LogP contribution in [0.15, 0.2) is 0 Å². The van der Waals surface area contributed by atoms with Crippen LogP contribution in [-0.4, -0.2) is 54.7 Å². The first-order valence-corrected chi connectivity index (χ1v) is 6.22. The summed E-state index contributed by atoms with van der Waals surface area (Å²) in [5.74, 6) is -1.28. The van der Waals surface area contributed by atoms with E-state index >= 15 is 0 Å². The number of amides is 2. The second kappa shape index (κ2) is 6.40. The molecule has 0 radical (unpaired) electrons. The van der Waals surface area contributed by atoms with Gasteiger partial charge in [0.25, 0.3) is 0 Å². The van der Waals surface area contributed by atoms with Crippen molar-refractivity contribution in [2.75, 3.05) is 26.7 Å². The molecule has 1 aliphatic rings. The summed E-state index contributed by atoms with van der Waals surface area (Å²) < 4.78 is 4.46. The first kappa shape index (κ1) is 15.3. The monoisotopic (exact) mass is 272 g/mol. The maximum Gasteiger partial charge on any atom is 0.317 e. The van der Waals surface area contributed by atoms with E-state index in [0.29, 0.717) is 19.4 Å². The van der Waals surface area contributed by atoms with E-state index in [1.54, 1.807) is 6.92 Å². The van der Waals surface area contributed by atoms with E-state index in [0.717, 1.165) is 0 Å². The molecule has 7 nitrogen and oxygen atoms in total. The van der Waals surface area contributed by atoms with Gasteiger partial charge in [0, 0.05) is 19.6 Å². The Kier molecular flexibility index (Phi) is 5.14. The Morgan fingerprint density at radius 1 is 1.42 bits per heavy atom. The molecular formula is C12H20N2O5. The molecule has 1 saturated heterocycles. The Hall–Kier alpha value is -1.79. The van der Waals surface area contributed by atoms with Crippen molar-refractivity contribution in [3.8, 4) is 0 Å². The molecule has 1 aliphatic heterocycles.